The van der Waals surface area contributed by atoms with E-state index in [2.05, 4.69) is 15.6 Å². The highest BCUT2D eigenvalue weighted by Gasteiger charge is 2.45. The van der Waals surface area contributed by atoms with Crippen LogP contribution in [0.3, 0.4) is 0 Å². The molecule has 0 spiro atoms. The Kier molecular flexibility index (Phi) is 15.5. The standard InChI is InChI=1S/C51H59N7O11/c1-8-11-32-19-35-25-53-38-23-43(41(65-6)21-36(38)48(61)56(35)26-32)67-17-10-18-68-44-24-39-37(22-42(44)66-7)49(62)57-27-33(12-9-2)20-40(57)50(63)58(39)51(64)69-28-31-13-15-34(16-14-31)55-46(59)30(5)54-47(60)45(52)29(3)4/h8-9,11-16,21-27,29-30,35,40,45,50,63H,10,17-20,28,52H2,1-7H3,(H,54,60)(H,55,59)/b11-8+,12-9+/t30?,35-,40-,45?,50-/m0/s1. The Morgan fingerprint density at radius 2 is 1.43 bits per heavy atom. The maximum absolute atomic E-state index is 14.3. The molecule has 5 atom stereocenters. The van der Waals surface area contributed by atoms with Gasteiger partial charge in [0.1, 0.15) is 12.6 Å². The first-order valence-electron chi connectivity index (χ1n) is 22.8. The number of amides is 5. The van der Waals surface area contributed by atoms with Crippen molar-refractivity contribution in [1.29, 1.82) is 0 Å². The summed E-state index contributed by atoms with van der Waals surface area (Å²) in [6.07, 6.45) is 11.7. The summed E-state index contributed by atoms with van der Waals surface area (Å²) in [4.78, 5) is 76.0. The summed E-state index contributed by atoms with van der Waals surface area (Å²) in [5, 5.41) is 17.3. The normalized spacial score (nSPS) is 19.2. The predicted octanol–water partition coefficient (Wildman–Crippen LogP) is 6.52. The number of aliphatic hydroxyl groups is 1. The Balaban J connectivity index is 1.04. The zero-order valence-electron chi connectivity index (χ0n) is 39.8. The lowest BCUT2D eigenvalue weighted by atomic mass is 10.0. The van der Waals surface area contributed by atoms with E-state index in [0.717, 1.165) is 16.0 Å². The quantitative estimate of drug-likeness (QED) is 0.106. The van der Waals surface area contributed by atoms with Gasteiger partial charge in [0.05, 0.1) is 68.1 Å². The van der Waals surface area contributed by atoms with Crippen molar-refractivity contribution in [2.45, 2.75) is 90.9 Å². The van der Waals surface area contributed by atoms with E-state index < -0.39 is 48.2 Å². The van der Waals surface area contributed by atoms with Gasteiger partial charge in [-0.25, -0.2) is 9.69 Å². The summed E-state index contributed by atoms with van der Waals surface area (Å²) in [5.41, 5.74) is 9.72. The lowest BCUT2D eigenvalue weighted by Gasteiger charge is -2.31. The fraction of sp³-hybridized carbons (Fsp3) is 0.373. The number of methoxy groups -OCH3 is 2. The molecular weight excluding hydrogens is 887 g/mol. The van der Waals surface area contributed by atoms with Crippen molar-refractivity contribution in [2.75, 3.05) is 37.7 Å². The van der Waals surface area contributed by atoms with E-state index in [9.17, 15) is 29.1 Å². The van der Waals surface area contributed by atoms with E-state index in [1.54, 1.807) is 60.6 Å². The molecule has 7 rings (SSSR count). The molecule has 5 N–H and O–H groups in total. The summed E-state index contributed by atoms with van der Waals surface area (Å²) >= 11 is 0. The lowest BCUT2D eigenvalue weighted by Crippen LogP contribution is -2.50. The fourth-order valence-corrected chi connectivity index (χ4v) is 8.28. The molecule has 0 fully saturated rings. The van der Waals surface area contributed by atoms with Crippen molar-refractivity contribution in [3.8, 4) is 23.0 Å². The number of rotatable bonds is 17. The van der Waals surface area contributed by atoms with Crippen LogP contribution in [0.1, 0.15) is 80.2 Å². The highest BCUT2D eigenvalue weighted by molar-refractivity contribution is 6.07. The molecule has 3 aromatic carbocycles. The van der Waals surface area contributed by atoms with Crippen LogP contribution >= 0.6 is 0 Å². The molecule has 4 aliphatic rings. The van der Waals surface area contributed by atoms with Gasteiger partial charge in [-0.3, -0.25) is 24.2 Å². The Morgan fingerprint density at radius 3 is 2.07 bits per heavy atom. The van der Waals surface area contributed by atoms with Gasteiger partial charge in [0.25, 0.3) is 11.8 Å². The number of benzene rings is 3. The van der Waals surface area contributed by atoms with Crippen LogP contribution in [0.5, 0.6) is 23.0 Å². The number of allylic oxidation sites excluding steroid dienone is 4. The number of anilines is 2. The van der Waals surface area contributed by atoms with Crippen LogP contribution in [0.4, 0.5) is 21.9 Å². The molecule has 69 heavy (non-hydrogen) atoms. The smallest absolute Gasteiger partial charge is 0.416 e. The van der Waals surface area contributed by atoms with Gasteiger partial charge in [-0.2, -0.15) is 0 Å². The molecule has 0 bridgehead atoms. The zero-order chi connectivity index (χ0) is 49.5. The Morgan fingerprint density at radius 1 is 0.826 bits per heavy atom. The number of fused-ring (bicyclic) bond motifs is 4. The van der Waals surface area contributed by atoms with Gasteiger partial charge in [-0.05, 0) is 80.5 Å². The van der Waals surface area contributed by atoms with E-state index >= 15 is 0 Å². The summed E-state index contributed by atoms with van der Waals surface area (Å²) in [6.45, 7) is 9.02. The highest BCUT2D eigenvalue weighted by atomic mass is 16.6. The SMILES string of the molecule is C/C=C/C1=CN2C(=O)c3cc(OC)c(OCCCOc4cc5c(cc4OC)C(=O)N4C=C(/C=C/C)C[C@H]4[C@H](O)N5C(=O)OCc4ccc(NC(=O)C(C)NC(=O)C(N)C(C)C)cc4)cc3N=C[C@@H]2C1. The van der Waals surface area contributed by atoms with Crippen molar-refractivity contribution in [2.24, 2.45) is 16.6 Å². The van der Waals surface area contributed by atoms with Gasteiger partial charge in [-0.1, -0.05) is 50.3 Å². The lowest BCUT2D eigenvalue weighted by molar-refractivity contribution is -0.127. The van der Waals surface area contributed by atoms with Crippen LogP contribution < -0.4 is 40.2 Å². The largest absolute Gasteiger partial charge is 0.493 e. The second-order valence-electron chi connectivity index (χ2n) is 17.3. The third kappa shape index (κ3) is 10.8. The number of aliphatic imine (C=N–C) groups is 1. The van der Waals surface area contributed by atoms with Crippen molar-refractivity contribution in [3.05, 3.63) is 113 Å². The number of aliphatic hydroxyl groups excluding tert-OH is 1. The van der Waals surface area contributed by atoms with Crippen LogP contribution in [0.25, 0.3) is 0 Å². The number of nitrogens with one attached hydrogen (secondary N) is 2. The molecule has 2 unspecified atom stereocenters. The first kappa shape index (κ1) is 49.5. The molecule has 3 aromatic rings. The maximum Gasteiger partial charge on any atom is 0.416 e. The second kappa shape index (κ2) is 21.7. The third-order valence-corrected chi connectivity index (χ3v) is 12.1. The summed E-state index contributed by atoms with van der Waals surface area (Å²) in [7, 11) is 2.93. The molecule has 0 aromatic heterocycles. The minimum Gasteiger partial charge on any atom is -0.493 e. The molecular formula is C51H59N7O11. The molecule has 0 saturated heterocycles. The van der Waals surface area contributed by atoms with Gasteiger partial charge in [0, 0.05) is 42.9 Å². The fourth-order valence-electron chi connectivity index (χ4n) is 8.28. The number of nitrogens with two attached hydrogens (primary N) is 1. The topological polar surface area (TPSA) is 224 Å². The van der Waals surface area contributed by atoms with Crippen LogP contribution in [-0.4, -0.2) is 109 Å². The van der Waals surface area contributed by atoms with E-state index in [1.807, 2.05) is 58.2 Å². The summed E-state index contributed by atoms with van der Waals surface area (Å²) in [6, 6.07) is 10.2. The van der Waals surface area contributed by atoms with E-state index in [0.29, 0.717) is 46.8 Å². The zero-order valence-corrected chi connectivity index (χ0v) is 39.8. The van der Waals surface area contributed by atoms with Gasteiger partial charge in [0.2, 0.25) is 11.8 Å². The Labute approximate surface area is 401 Å². The number of carbonyl (C=O) groups excluding carboxylic acids is 5. The average Bonchev–Trinajstić information content (AvgIpc) is 3.91. The average molecular weight is 946 g/mol. The molecule has 4 aliphatic heterocycles. The van der Waals surface area contributed by atoms with Gasteiger partial charge in [0.15, 0.2) is 29.2 Å². The van der Waals surface area contributed by atoms with Crippen LogP contribution in [0.15, 0.2) is 101 Å². The number of ether oxygens (including phenoxy) is 5. The van der Waals surface area contributed by atoms with E-state index in [-0.39, 0.29) is 66.9 Å². The molecule has 364 valence electrons. The van der Waals surface area contributed by atoms with Gasteiger partial charge < -0.3 is 55.0 Å². The number of carbonyl (C=O) groups is 5. The molecule has 0 radical (unpaired) electrons. The second-order valence-corrected chi connectivity index (χ2v) is 17.3. The Hall–Kier alpha value is -7.44. The first-order valence-corrected chi connectivity index (χ1v) is 22.8. The minimum atomic E-state index is -1.54. The van der Waals surface area contributed by atoms with Crippen LogP contribution in [-0.2, 0) is 20.9 Å². The number of hydrogen-bond acceptors (Lipinski definition) is 13. The first-order chi connectivity index (χ1) is 33.1. The number of hydrogen-bond donors (Lipinski definition) is 4. The third-order valence-electron chi connectivity index (χ3n) is 12.1. The summed E-state index contributed by atoms with van der Waals surface area (Å²) < 4.78 is 29.4. The molecule has 0 aliphatic carbocycles. The molecule has 0 saturated carbocycles. The van der Waals surface area contributed by atoms with Crippen molar-refractivity contribution in [3.63, 3.8) is 0 Å². The van der Waals surface area contributed by atoms with E-state index in [1.165, 1.54) is 31.3 Å². The van der Waals surface area contributed by atoms with E-state index in [4.69, 9.17) is 29.4 Å². The predicted molar refractivity (Wildman–Crippen MR) is 259 cm³/mol. The Bertz CT molecular complexity index is 2620. The molecule has 5 amide bonds. The maximum atomic E-state index is 14.3. The van der Waals surface area contributed by atoms with Crippen molar-refractivity contribution in [1.82, 2.24) is 15.1 Å². The number of nitrogens with zero attached hydrogens (tertiary/aromatic N) is 4. The molecule has 4 heterocycles. The molecule has 18 heteroatoms. The van der Waals surface area contributed by atoms with Gasteiger partial charge in [-0.15, -0.1) is 0 Å². The molecule has 18 nitrogen and oxygen atoms in total. The van der Waals surface area contributed by atoms with Gasteiger partial charge >= 0.3 is 6.09 Å². The highest BCUT2D eigenvalue weighted by Crippen LogP contribution is 2.43. The monoisotopic (exact) mass is 945 g/mol. The van der Waals surface area contributed by atoms with Crippen LogP contribution in [0.2, 0.25) is 0 Å². The summed E-state index contributed by atoms with van der Waals surface area (Å²) in [5.74, 6) is -0.460. The van der Waals surface area contributed by atoms with Crippen molar-refractivity contribution >= 4 is 53.0 Å². The minimum absolute atomic E-state index is 0.0485. The van der Waals surface area contributed by atoms with Crippen LogP contribution in [0, 0.1) is 5.92 Å². The van der Waals surface area contributed by atoms with Crippen molar-refractivity contribution < 1.29 is 52.8 Å².